The minimum atomic E-state index is 1.16. The quantitative estimate of drug-likeness (QED) is 0.135. The monoisotopic (exact) mass is 1790 g/mol. The predicted octanol–water partition coefficient (Wildman–Crippen LogP) is 38.4. The molecule has 0 amide bonds. The summed E-state index contributed by atoms with van der Waals surface area (Å²) in [5.41, 5.74) is 31.7. The summed E-state index contributed by atoms with van der Waals surface area (Å²) in [6.45, 7) is 13.7. The van der Waals surface area contributed by atoms with E-state index in [1.807, 2.05) is 0 Å². The van der Waals surface area contributed by atoms with Gasteiger partial charge in [0, 0.05) is 43.7 Å². The van der Waals surface area contributed by atoms with Crippen molar-refractivity contribution in [2.75, 3.05) is 0 Å². The van der Waals surface area contributed by atoms with Crippen molar-refractivity contribution in [1.82, 2.24) is 13.7 Å². The number of fused-ring (bicyclic) bond motifs is 27. The van der Waals surface area contributed by atoms with Crippen molar-refractivity contribution in [3.05, 3.63) is 500 Å². The number of nitrogens with zero attached hydrogens (tertiary/aromatic N) is 3. The van der Waals surface area contributed by atoms with Gasteiger partial charge >= 0.3 is 0 Å². The van der Waals surface area contributed by atoms with E-state index in [9.17, 15) is 0 Å². The summed E-state index contributed by atoms with van der Waals surface area (Å²) in [5, 5.41) is 38.7. The SMILES string of the molecule is Cc1c(C)c(-n2c3ccc4ccccc4c3c3c4ccccc4ccc32)c(C)c(C)c1-c1c2ccccc2c(-c2ccccc2)c2ccccc12.Cc1ccc2c(-c3ccc(-n4c5ccc6ccccc6c5c5c6ccccc6ccc54)cc3)c3cc(C)ccc3c(-c3ccccc3)c2c1.c1ccc2c(-c3ccc(-n4c5ccc6ccccc6c5c5c6ccccc6ccc54)cc3)c3ccccc3cc2c1. The molecule has 0 bridgehead atoms. The van der Waals surface area contributed by atoms with Crippen molar-refractivity contribution in [3.63, 3.8) is 0 Å². The first-order valence-electron chi connectivity index (χ1n) is 49.3. The molecule has 0 aliphatic carbocycles. The van der Waals surface area contributed by atoms with Gasteiger partial charge in [-0.25, -0.2) is 0 Å². The fraction of sp³-hybridized carbons (Fsp3) is 0.0435. The van der Waals surface area contributed by atoms with Crippen LogP contribution in [0.5, 0.6) is 0 Å². The average Bonchev–Trinajstić information content (AvgIpc) is 1.46. The normalized spacial score (nSPS) is 11.9. The molecule has 0 saturated heterocycles. The Morgan fingerprint density at radius 2 is 0.362 bits per heavy atom. The number of benzene rings is 26. The van der Waals surface area contributed by atoms with Gasteiger partial charge in [0.1, 0.15) is 0 Å². The van der Waals surface area contributed by atoms with Crippen molar-refractivity contribution >= 4 is 195 Å². The Hall–Kier alpha value is -17.8. The Bertz CT molecular complexity index is 9880. The maximum absolute atomic E-state index is 2.56. The van der Waals surface area contributed by atoms with Gasteiger partial charge in [-0.2, -0.15) is 0 Å². The highest BCUT2D eigenvalue weighted by molar-refractivity contribution is 6.33. The van der Waals surface area contributed by atoms with Gasteiger partial charge in [-0.1, -0.05) is 412 Å². The maximum Gasteiger partial charge on any atom is 0.0548 e. The van der Waals surface area contributed by atoms with Crippen LogP contribution in [-0.4, -0.2) is 13.7 Å². The second kappa shape index (κ2) is 33.0. The van der Waals surface area contributed by atoms with Gasteiger partial charge in [0.15, 0.2) is 0 Å². The highest BCUT2D eigenvalue weighted by Gasteiger charge is 2.29. The van der Waals surface area contributed by atoms with E-state index in [-0.39, 0.29) is 0 Å². The second-order valence-corrected chi connectivity index (χ2v) is 38.5. The van der Waals surface area contributed by atoms with Crippen molar-refractivity contribution in [3.8, 4) is 72.7 Å². The molecule has 662 valence electrons. The molecule has 29 aromatic rings. The summed E-state index contributed by atoms with van der Waals surface area (Å²) in [6.07, 6.45) is 0. The van der Waals surface area contributed by atoms with Gasteiger partial charge in [0.2, 0.25) is 0 Å². The highest BCUT2D eigenvalue weighted by atomic mass is 15.0. The van der Waals surface area contributed by atoms with Crippen LogP contribution in [0.3, 0.4) is 0 Å². The minimum absolute atomic E-state index is 1.16. The van der Waals surface area contributed by atoms with Crippen LogP contribution in [0.1, 0.15) is 33.4 Å². The topological polar surface area (TPSA) is 14.8 Å². The van der Waals surface area contributed by atoms with E-state index in [0.717, 1.165) is 5.69 Å². The molecule has 141 heavy (non-hydrogen) atoms. The van der Waals surface area contributed by atoms with Crippen molar-refractivity contribution < 1.29 is 0 Å². The lowest BCUT2D eigenvalue weighted by Crippen LogP contribution is -2.07. The molecule has 0 saturated carbocycles. The van der Waals surface area contributed by atoms with E-state index in [0.29, 0.717) is 0 Å². The molecule has 0 aliphatic rings. The molecular formula is C138H95N3. The minimum Gasteiger partial charge on any atom is -0.309 e. The number of rotatable bonds is 8. The Balaban J connectivity index is 0.000000107. The van der Waals surface area contributed by atoms with Crippen LogP contribution in [0.2, 0.25) is 0 Å². The Morgan fingerprint density at radius 1 is 0.135 bits per heavy atom. The molecule has 0 radical (unpaired) electrons. The molecule has 0 N–H and O–H groups in total. The lowest BCUT2D eigenvalue weighted by atomic mass is 9.81. The van der Waals surface area contributed by atoms with E-state index in [1.54, 1.807) is 0 Å². The molecule has 29 rings (SSSR count). The van der Waals surface area contributed by atoms with Crippen LogP contribution < -0.4 is 0 Å². The summed E-state index contributed by atoms with van der Waals surface area (Å²) >= 11 is 0. The zero-order valence-electron chi connectivity index (χ0n) is 79.3. The molecule has 3 heteroatoms. The van der Waals surface area contributed by atoms with Gasteiger partial charge in [-0.05, 0) is 315 Å². The molecule has 0 spiro atoms. The Kier molecular flexibility index (Phi) is 19.4. The van der Waals surface area contributed by atoms with Crippen molar-refractivity contribution in [2.24, 2.45) is 0 Å². The smallest absolute Gasteiger partial charge is 0.0548 e. The van der Waals surface area contributed by atoms with E-state index < -0.39 is 0 Å². The van der Waals surface area contributed by atoms with Gasteiger partial charge in [-0.3, -0.25) is 0 Å². The standard InChI is InChI=1S/C50H37N.C48H33N.C40H25N/c1-30-32(3)50(51-43-28-26-34-16-8-10-20-37(34)48(43)49-38-21-11-9-17-35(38)27-29-44(49)51)33(4)31(2)45(30)47-41-24-14-12-22-39(41)46(36-18-6-5-7-19-36)40-23-13-15-25-42(40)47;1-30-17-25-40-41(28-30)45(34-12-4-3-5-13-34)39-24-16-31(2)29-42(39)46(40)35-18-22-36(23-19-35)49-43-26-20-32-10-6-8-14-37(32)47(43)48-38-15-9-7-11-33(38)21-27-44(48)49;1-5-13-32-26(9-1)19-23-36-39(32)40-33-14-6-2-10-27(33)20-24-37(40)41(36)31-21-17-28(18-22-31)38-34-15-7-3-11-29(34)25-30-12-4-8-16-35(30)38/h5-29H,1-4H3;3-29H,1-2H3;1-25H. The largest absolute Gasteiger partial charge is 0.309 e. The van der Waals surface area contributed by atoms with Crippen LogP contribution in [-0.2, 0) is 0 Å². The molecule has 0 atom stereocenters. The van der Waals surface area contributed by atoms with Crippen molar-refractivity contribution in [1.29, 1.82) is 0 Å². The van der Waals surface area contributed by atoms with E-state index in [1.165, 1.54) is 295 Å². The third kappa shape index (κ3) is 13.0. The van der Waals surface area contributed by atoms with Gasteiger partial charge in [0.25, 0.3) is 0 Å². The second-order valence-electron chi connectivity index (χ2n) is 38.5. The van der Waals surface area contributed by atoms with E-state index in [2.05, 4.69) is 522 Å². The first-order valence-corrected chi connectivity index (χ1v) is 49.3. The zero-order valence-corrected chi connectivity index (χ0v) is 79.3. The van der Waals surface area contributed by atoms with Gasteiger partial charge in [-0.15, -0.1) is 0 Å². The maximum atomic E-state index is 2.56. The van der Waals surface area contributed by atoms with E-state index in [4.69, 9.17) is 0 Å². The molecule has 3 heterocycles. The van der Waals surface area contributed by atoms with Gasteiger partial charge in [0.05, 0.1) is 38.8 Å². The summed E-state index contributed by atoms with van der Waals surface area (Å²) in [4.78, 5) is 0. The van der Waals surface area contributed by atoms with Crippen LogP contribution in [0.15, 0.2) is 467 Å². The fourth-order valence-corrected chi connectivity index (χ4v) is 24.3. The Labute approximate surface area is 817 Å². The lowest BCUT2D eigenvalue weighted by Gasteiger charge is -2.25. The third-order valence-corrected chi connectivity index (χ3v) is 30.8. The molecule has 0 fully saturated rings. The average molecular weight is 1800 g/mol. The summed E-state index contributed by atoms with van der Waals surface area (Å²) in [7, 11) is 0. The summed E-state index contributed by atoms with van der Waals surface area (Å²) in [6, 6.07) is 172. The molecule has 0 unspecified atom stereocenters. The summed E-state index contributed by atoms with van der Waals surface area (Å²) in [5.74, 6) is 0. The third-order valence-electron chi connectivity index (χ3n) is 30.8. The van der Waals surface area contributed by atoms with Crippen molar-refractivity contribution in [2.45, 2.75) is 41.5 Å². The first kappa shape index (κ1) is 82.7. The predicted molar refractivity (Wildman–Crippen MR) is 608 cm³/mol. The number of hydrogen-bond acceptors (Lipinski definition) is 0. The van der Waals surface area contributed by atoms with Gasteiger partial charge < -0.3 is 13.7 Å². The van der Waals surface area contributed by atoms with E-state index >= 15 is 0 Å². The number of aryl methyl sites for hydroxylation is 2. The highest BCUT2D eigenvalue weighted by Crippen LogP contribution is 2.53. The molecular weight excluding hydrogens is 1700 g/mol. The number of hydrogen-bond donors (Lipinski definition) is 0. The molecule has 3 nitrogen and oxygen atoms in total. The molecule has 3 aromatic heterocycles. The van der Waals surface area contributed by atoms with Crippen LogP contribution in [0, 0.1) is 41.5 Å². The fourth-order valence-electron chi connectivity index (χ4n) is 24.3. The molecule has 0 aliphatic heterocycles. The van der Waals surface area contributed by atoms with Crippen LogP contribution in [0.4, 0.5) is 0 Å². The zero-order chi connectivity index (χ0) is 93.9. The van der Waals surface area contributed by atoms with Crippen LogP contribution in [0.25, 0.3) is 267 Å². The van der Waals surface area contributed by atoms with Crippen LogP contribution >= 0.6 is 0 Å². The first-order chi connectivity index (χ1) is 69.5. The number of aromatic nitrogens is 3. The summed E-state index contributed by atoms with van der Waals surface area (Å²) < 4.78 is 7.46. The molecule has 26 aromatic carbocycles. The lowest BCUT2D eigenvalue weighted by molar-refractivity contribution is 1.09. The Morgan fingerprint density at radius 3 is 0.667 bits per heavy atom.